The van der Waals surface area contributed by atoms with Crippen LogP contribution in [0.4, 0.5) is 30.2 Å². The Morgan fingerprint density at radius 3 is 1.97 bits per heavy atom. The van der Waals surface area contributed by atoms with Gasteiger partial charge in [-0.25, -0.2) is 16.8 Å². The number of alkyl halides is 3. The molecule has 3 aromatic carbocycles. The molecule has 204 valence electrons. The summed E-state index contributed by atoms with van der Waals surface area (Å²) >= 11 is 5.56. The van der Waals surface area contributed by atoms with Crippen molar-refractivity contribution in [3.8, 4) is 0 Å². The lowest BCUT2D eigenvalue weighted by molar-refractivity contribution is -0.137. The fourth-order valence-electron chi connectivity index (χ4n) is 3.56. The van der Waals surface area contributed by atoms with Gasteiger partial charge >= 0.3 is 6.18 Å². The van der Waals surface area contributed by atoms with Crippen LogP contribution < -0.4 is 14.3 Å². The summed E-state index contributed by atoms with van der Waals surface area (Å²) < 4.78 is 92.3. The number of rotatable bonds is 8. The first-order valence-electron chi connectivity index (χ1n) is 10.8. The molecule has 0 fully saturated rings. The van der Waals surface area contributed by atoms with Crippen molar-refractivity contribution in [2.24, 2.45) is 0 Å². The van der Waals surface area contributed by atoms with E-state index in [2.05, 4.69) is 10.0 Å². The minimum absolute atomic E-state index is 0.175. The highest BCUT2D eigenvalue weighted by atomic mass is 35.5. The third-order valence-corrected chi connectivity index (χ3v) is 8.02. The zero-order valence-electron chi connectivity index (χ0n) is 20.3. The van der Waals surface area contributed by atoms with Gasteiger partial charge < -0.3 is 5.32 Å². The predicted molar refractivity (Wildman–Crippen MR) is 140 cm³/mol. The summed E-state index contributed by atoms with van der Waals surface area (Å²) in [5.74, 6) is -0.677. The number of halogens is 4. The second kappa shape index (κ2) is 10.8. The Bertz CT molecular complexity index is 1560. The SMILES string of the molecule is Cc1cc(C)cc(N(CC(=O)Nc2ccc(S(=O)(=O)Nc3ccc(Cl)c(C(F)(F)F)c3)cc2)S(C)(=O)=O)c1. The monoisotopic (exact) mass is 589 g/mol. The van der Waals surface area contributed by atoms with Gasteiger partial charge in [0.15, 0.2) is 0 Å². The predicted octanol–water partition coefficient (Wildman–Crippen LogP) is 5.18. The van der Waals surface area contributed by atoms with Crippen LogP contribution in [0, 0.1) is 13.8 Å². The number of carbonyl (C=O) groups is 1. The summed E-state index contributed by atoms with van der Waals surface area (Å²) in [4.78, 5) is 12.3. The fourth-order valence-corrected chi connectivity index (χ4v) is 5.68. The average Bonchev–Trinajstić information content (AvgIpc) is 2.77. The standard InChI is InChI=1S/C24H23ClF3N3O5S2/c1-15-10-16(2)12-19(11-15)31(37(3,33)34)14-23(32)29-17-4-7-20(8-5-17)38(35,36)30-18-6-9-22(25)21(13-18)24(26,27)28/h4-13,30H,14H2,1-3H3,(H,29,32). The number of sulfonamides is 2. The summed E-state index contributed by atoms with van der Waals surface area (Å²) in [6, 6.07) is 12.5. The molecule has 1 amide bonds. The quantitative estimate of drug-likeness (QED) is 0.376. The van der Waals surface area contributed by atoms with Crippen LogP contribution >= 0.6 is 11.6 Å². The molecule has 38 heavy (non-hydrogen) atoms. The Balaban J connectivity index is 1.75. The lowest BCUT2D eigenvalue weighted by Crippen LogP contribution is -2.37. The number of aryl methyl sites for hydroxylation is 2. The van der Waals surface area contributed by atoms with Crippen molar-refractivity contribution in [2.75, 3.05) is 27.1 Å². The van der Waals surface area contributed by atoms with Crippen LogP contribution in [0.25, 0.3) is 0 Å². The van der Waals surface area contributed by atoms with E-state index in [9.17, 15) is 34.8 Å². The third kappa shape index (κ3) is 7.39. The second-order valence-electron chi connectivity index (χ2n) is 8.49. The Morgan fingerprint density at radius 1 is 0.895 bits per heavy atom. The van der Waals surface area contributed by atoms with Crippen molar-refractivity contribution in [3.63, 3.8) is 0 Å². The van der Waals surface area contributed by atoms with E-state index in [1.54, 1.807) is 26.0 Å². The van der Waals surface area contributed by atoms with Crippen molar-refractivity contribution in [2.45, 2.75) is 24.9 Å². The van der Waals surface area contributed by atoms with Gasteiger partial charge in [-0.3, -0.25) is 13.8 Å². The number of amides is 1. The highest BCUT2D eigenvalue weighted by Crippen LogP contribution is 2.36. The van der Waals surface area contributed by atoms with Gasteiger partial charge in [0, 0.05) is 11.4 Å². The van der Waals surface area contributed by atoms with Crippen molar-refractivity contribution < 1.29 is 34.8 Å². The number of nitrogens with zero attached hydrogens (tertiary/aromatic N) is 1. The number of anilines is 3. The van der Waals surface area contributed by atoms with Gasteiger partial charge in [-0.05, 0) is 79.6 Å². The van der Waals surface area contributed by atoms with E-state index < -0.39 is 49.3 Å². The molecular formula is C24H23ClF3N3O5S2. The molecular weight excluding hydrogens is 567 g/mol. The molecule has 3 rings (SSSR count). The molecule has 0 bridgehead atoms. The van der Waals surface area contributed by atoms with Gasteiger partial charge in [0.2, 0.25) is 15.9 Å². The van der Waals surface area contributed by atoms with Crippen LogP contribution in [0.15, 0.2) is 65.6 Å². The molecule has 8 nitrogen and oxygen atoms in total. The maximum atomic E-state index is 13.1. The molecule has 0 radical (unpaired) electrons. The van der Waals surface area contributed by atoms with E-state index in [0.717, 1.165) is 46.0 Å². The van der Waals surface area contributed by atoms with E-state index in [1.807, 2.05) is 6.07 Å². The minimum atomic E-state index is -4.77. The summed E-state index contributed by atoms with van der Waals surface area (Å²) in [6.45, 7) is 3.06. The Labute approximate surface area is 223 Å². The van der Waals surface area contributed by atoms with Gasteiger partial charge in [-0.2, -0.15) is 13.2 Å². The van der Waals surface area contributed by atoms with Crippen LogP contribution in [0.5, 0.6) is 0 Å². The number of hydrogen-bond donors (Lipinski definition) is 2. The molecule has 0 aliphatic heterocycles. The van der Waals surface area contributed by atoms with E-state index >= 15 is 0 Å². The average molecular weight is 590 g/mol. The summed E-state index contributed by atoms with van der Waals surface area (Å²) in [7, 11) is -8.08. The summed E-state index contributed by atoms with van der Waals surface area (Å²) in [5, 5.41) is 1.93. The summed E-state index contributed by atoms with van der Waals surface area (Å²) in [5.41, 5.74) is 0.588. The lowest BCUT2D eigenvalue weighted by Gasteiger charge is -2.23. The zero-order valence-corrected chi connectivity index (χ0v) is 22.7. The molecule has 0 atom stereocenters. The van der Waals surface area contributed by atoms with Gasteiger partial charge in [-0.1, -0.05) is 17.7 Å². The third-order valence-electron chi connectivity index (χ3n) is 5.15. The molecule has 2 N–H and O–H groups in total. The van der Waals surface area contributed by atoms with Crippen LogP contribution in [0.2, 0.25) is 5.02 Å². The van der Waals surface area contributed by atoms with E-state index in [-0.39, 0.29) is 16.3 Å². The molecule has 0 spiro atoms. The van der Waals surface area contributed by atoms with Crippen LogP contribution in [0.3, 0.4) is 0 Å². The van der Waals surface area contributed by atoms with Gasteiger partial charge in [0.05, 0.1) is 27.4 Å². The molecule has 14 heteroatoms. The highest BCUT2D eigenvalue weighted by Gasteiger charge is 2.33. The van der Waals surface area contributed by atoms with Gasteiger partial charge in [0.25, 0.3) is 10.0 Å². The smallest absolute Gasteiger partial charge is 0.325 e. The van der Waals surface area contributed by atoms with Crippen LogP contribution in [0.1, 0.15) is 16.7 Å². The zero-order chi connectivity index (χ0) is 28.5. The Hall–Kier alpha value is -3.29. The molecule has 0 saturated carbocycles. The molecule has 0 aliphatic rings. The van der Waals surface area contributed by atoms with Crippen LogP contribution in [-0.2, 0) is 31.0 Å². The maximum Gasteiger partial charge on any atom is 0.417 e. The Morgan fingerprint density at radius 2 is 1.45 bits per heavy atom. The molecule has 0 aliphatic carbocycles. The number of nitrogens with one attached hydrogen (secondary N) is 2. The van der Waals surface area contributed by atoms with Crippen molar-refractivity contribution in [1.82, 2.24) is 0 Å². The minimum Gasteiger partial charge on any atom is -0.325 e. The summed E-state index contributed by atoms with van der Waals surface area (Å²) in [6.07, 6.45) is -3.80. The molecule has 0 unspecified atom stereocenters. The topological polar surface area (TPSA) is 113 Å². The Kier molecular flexibility index (Phi) is 8.34. The first-order valence-corrected chi connectivity index (χ1v) is 14.5. The number of carbonyl (C=O) groups excluding carboxylic acids is 1. The maximum absolute atomic E-state index is 13.1. The first kappa shape index (κ1) is 29.3. The van der Waals surface area contributed by atoms with Gasteiger partial charge in [-0.15, -0.1) is 0 Å². The van der Waals surface area contributed by atoms with E-state index in [4.69, 9.17) is 11.6 Å². The number of hydrogen-bond acceptors (Lipinski definition) is 5. The largest absolute Gasteiger partial charge is 0.417 e. The molecule has 3 aromatic rings. The first-order chi connectivity index (χ1) is 17.5. The molecule has 0 saturated heterocycles. The van der Waals surface area contributed by atoms with Gasteiger partial charge in [0.1, 0.15) is 6.54 Å². The van der Waals surface area contributed by atoms with Crippen LogP contribution in [-0.4, -0.2) is 35.5 Å². The fraction of sp³-hybridized carbons (Fsp3) is 0.208. The molecule has 0 aromatic heterocycles. The number of benzene rings is 3. The van der Waals surface area contributed by atoms with Crippen molar-refractivity contribution >= 4 is 54.6 Å². The highest BCUT2D eigenvalue weighted by molar-refractivity contribution is 7.92. The second-order valence-corrected chi connectivity index (χ2v) is 12.5. The van der Waals surface area contributed by atoms with E-state index in [1.165, 1.54) is 12.1 Å². The van der Waals surface area contributed by atoms with Crippen molar-refractivity contribution in [1.29, 1.82) is 0 Å². The lowest BCUT2D eigenvalue weighted by atomic mass is 10.1. The molecule has 0 heterocycles. The van der Waals surface area contributed by atoms with E-state index in [0.29, 0.717) is 11.8 Å². The normalized spacial score (nSPS) is 12.2. The van der Waals surface area contributed by atoms with Crippen molar-refractivity contribution in [3.05, 3.63) is 82.4 Å².